The summed E-state index contributed by atoms with van der Waals surface area (Å²) in [6.07, 6.45) is 2.72. The van der Waals surface area contributed by atoms with Gasteiger partial charge >= 0.3 is 0 Å². The van der Waals surface area contributed by atoms with E-state index in [0.717, 1.165) is 49.1 Å². The number of hydrogen-bond donors (Lipinski definition) is 2. The number of ether oxygens (including phenoxy) is 2. The van der Waals surface area contributed by atoms with E-state index in [1.54, 1.807) is 13.3 Å². The fraction of sp³-hybridized carbons (Fsp3) is 0.400. The minimum absolute atomic E-state index is 0. The molecule has 0 atom stereocenters. The molecule has 1 aromatic heterocycles. The Balaban J connectivity index is 0.00000364. The van der Waals surface area contributed by atoms with Crippen molar-refractivity contribution in [2.45, 2.75) is 26.4 Å². The zero-order valence-electron chi connectivity index (χ0n) is 16.0. The van der Waals surface area contributed by atoms with Crippen LogP contribution in [-0.2, 0) is 17.8 Å². The van der Waals surface area contributed by atoms with Crippen molar-refractivity contribution < 1.29 is 9.47 Å². The number of pyridine rings is 1. The average Bonchev–Trinajstić information content (AvgIpc) is 2.70. The summed E-state index contributed by atoms with van der Waals surface area (Å²) in [5.74, 6) is 1.61. The molecule has 0 spiro atoms. The van der Waals surface area contributed by atoms with Crippen LogP contribution in [0.4, 0.5) is 0 Å². The predicted molar refractivity (Wildman–Crippen MR) is 120 cm³/mol. The monoisotopic (exact) mass is 484 g/mol. The third-order valence-corrected chi connectivity index (χ3v) is 3.70. The van der Waals surface area contributed by atoms with Gasteiger partial charge in [-0.25, -0.2) is 4.99 Å². The minimum atomic E-state index is 0. The lowest BCUT2D eigenvalue weighted by Crippen LogP contribution is -2.38. The molecule has 0 radical (unpaired) electrons. The third-order valence-electron chi connectivity index (χ3n) is 3.70. The average molecular weight is 484 g/mol. The maximum atomic E-state index is 5.37. The zero-order valence-corrected chi connectivity index (χ0v) is 18.3. The van der Waals surface area contributed by atoms with Crippen LogP contribution in [0, 0.1) is 0 Å². The number of rotatable bonds is 10. The van der Waals surface area contributed by atoms with Crippen LogP contribution >= 0.6 is 24.0 Å². The first-order chi connectivity index (χ1) is 12.8. The van der Waals surface area contributed by atoms with Gasteiger partial charge in [0, 0.05) is 26.0 Å². The minimum Gasteiger partial charge on any atom is -0.497 e. The van der Waals surface area contributed by atoms with Crippen LogP contribution in [0.25, 0.3) is 0 Å². The molecule has 7 heteroatoms. The largest absolute Gasteiger partial charge is 0.497 e. The molecule has 0 fully saturated rings. The molecule has 27 heavy (non-hydrogen) atoms. The molecule has 0 bridgehead atoms. The van der Waals surface area contributed by atoms with Gasteiger partial charge in [-0.2, -0.15) is 0 Å². The highest BCUT2D eigenvalue weighted by Crippen LogP contribution is 2.11. The summed E-state index contributed by atoms with van der Waals surface area (Å²) >= 11 is 0. The van der Waals surface area contributed by atoms with Gasteiger partial charge in [-0.15, -0.1) is 24.0 Å². The molecule has 0 saturated carbocycles. The molecule has 0 aliphatic rings. The molecule has 0 aliphatic heterocycles. The molecule has 0 unspecified atom stereocenters. The number of benzene rings is 1. The number of hydrogen-bond acceptors (Lipinski definition) is 4. The van der Waals surface area contributed by atoms with Crippen molar-refractivity contribution in [3.05, 3.63) is 59.9 Å². The normalized spacial score (nSPS) is 10.8. The van der Waals surface area contributed by atoms with E-state index < -0.39 is 0 Å². The van der Waals surface area contributed by atoms with Crippen LogP contribution in [0.3, 0.4) is 0 Å². The molecule has 148 valence electrons. The Hall–Kier alpha value is -1.87. The maximum absolute atomic E-state index is 5.37. The number of nitrogens with one attached hydrogen (secondary N) is 2. The van der Waals surface area contributed by atoms with Gasteiger partial charge in [-0.1, -0.05) is 18.2 Å². The van der Waals surface area contributed by atoms with Gasteiger partial charge < -0.3 is 20.1 Å². The van der Waals surface area contributed by atoms with Crippen LogP contribution in [0.2, 0.25) is 0 Å². The SMILES string of the molecule is CCOCCCNC(=NCc1ccc(OC)cc1)NCc1ccccn1.I. The number of nitrogens with zero attached hydrogens (tertiary/aromatic N) is 2. The number of aromatic nitrogens is 1. The molecule has 2 N–H and O–H groups in total. The van der Waals surface area contributed by atoms with Crippen molar-refractivity contribution in [3.8, 4) is 5.75 Å². The molecular weight excluding hydrogens is 455 g/mol. The van der Waals surface area contributed by atoms with Gasteiger partial charge in [0.05, 0.1) is 25.9 Å². The Bertz CT molecular complexity index is 651. The van der Waals surface area contributed by atoms with E-state index in [4.69, 9.17) is 9.47 Å². The lowest BCUT2D eigenvalue weighted by atomic mass is 10.2. The molecular formula is C20H29IN4O2. The van der Waals surface area contributed by atoms with E-state index in [1.165, 1.54) is 0 Å². The molecule has 1 heterocycles. The Labute approximate surface area is 178 Å². The van der Waals surface area contributed by atoms with Crippen molar-refractivity contribution in [1.29, 1.82) is 0 Å². The fourth-order valence-electron chi connectivity index (χ4n) is 2.28. The number of methoxy groups -OCH3 is 1. The van der Waals surface area contributed by atoms with Crippen molar-refractivity contribution in [3.63, 3.8) is 0 Å². The van der Waals surface area contributed by atoms with Crippen LogP contribution in [0.15, 0.2) is 53.7 Å². The molecule has 6 nitrogen and oxygen atoms in total. The predicted octanol–water partition coefficient (Wildman–Crippen LogP) is 3.37. The van der Waals surface area contributed by atoms with Crippen molar-refractivity contribution in [1.82, 2.24) is 15.6 Å². The summed E-state index contributed by atoms with van der Waals surface area (Å²) in [4.78, 5) is 9.00. The highest BCUT2D eigenvalue weighted by molar-refractivity contribution is 14.0. The van der Waals surface area contributed by atoms with Crippen LogP contribution < -0.4 is 15.4 Å². The second-order valence-corrected chi connectivity index (χ2v) is 5.66. The van der Waals surface area contributed by atoms with Gasteiger partial charge in [-0.05, 0) is 43.2 Å². The van der Waals surface area contributed by atoms with E-state index >= 15 is 0 Å². The summed E-state index contributed by atoms with van der Waals surface area (Å²) < 4.78 is 10.6. The van der Waals surface area contributed by atoms with Crippen molar-refractivity contribution >= 4 is 29.9 Å². The molecule has 2 aromatic rings. The van der Waals surface area contributed by atoms with Gasteiger partial charge in [-0.3, -0.25) is 4.98 Å². The van der Waals surface area contributed by atoms with E-state index in [2.05, 4.69) is 20.6 Å². The van der Waals surface area contributed by atoms with Crippen LogP contribution in [0.1, 0.15) is 24.6 Å². The quantitative estimate of drug-likeness (QED) is 0.234. The van der Waals surface area contributed by atoms with Gasteiger partial charge in [0.15, 0.2) is 5.96 Å². The van der Waals surface area contributed by atoms with E-state index in [1.807, 2.05) is 49.4 Å². The molecule has 0 aliphatic carbocycles. The second-order valence-electron chi connectivity index (χ2n) is 5.66. The first kappa shape index (κ1) is 23.2. The highest BCUT2D eigenvalue weighted by atomic mass is 127. The Kier molecular flexibility index (Phi) is 12.2. The first-order valence-electron chi connectivity index (χ1n) is 8.94. The Morgan fingerprint density at radius 1 is 1.11 bits per heavy atom. The zero-order chi connectivity index (χ0) is 18.5. The molecule has 0 saturated heterocycles. The van der Waals surface area contributed by atoms with E-state index in [-0.39, 0.29) is 24.0 Å². The summed E-state index contributed by atoms with van der Waals surface area (Å²) in [6, 6.07) is 13.8. The van der Waals surface area contributed by atoms with Crippen LogP contribution in [0.5, 0.6) is 5.75 Å². The van der Waals surface area contributed by atoms with Crippen molar-refractivity contribution in [2.24, 2.45) is 4.99 Å². The lowest BCUT2D eigenvalue weighted by molar-refractivity contribution is 0.145. The summed E-state index contributed by atoms with van der Waals surface area (Å²) in [7, 11) is 1.67. The summed E-state index contributed by atoms with van der Waals surface area (Å²) in [5.41, 5.74) is 2.10. The number of guanidine groups is 1. The summed E-state index contributed by atoms with van der Waals surface area (Å²) in [5, 5.41) is 6.68. The Morgan fingerprint density at radius 3 is 2.59 bits per heavy atom. The number of aliphatic imine (C=N–C) groups is 1. The third kappa shape index (κ3) is 9.58. The fourth-order valence-corrected chi connectivity index (χ4v) is 2.28. The number of halogens is 1. The van der Waals surface area contributed by atoms with E-state index in [9.17, 15) is 0 Å². The van der Waals surface area contributed by atoms with Crippen molar-refractivity contribution in [2.75, 3.05) is 26.9 Å². The standard InChI is InChI=1S/C20H28N4O2.HI/c1-3-26-14-6-13-22-20(24-16-18-7-4-5-12-21-18)23-15-17-8-10-19(25-2)11-9-17;/h4-5,7-12H,3,6,13-16H2,1-2H3,(H2,22,23,24);1H. The van der Waals surface area contributed by atoms with Gasteiger partial charge in [0.1, 0.15) is 5.75 Å². The molecule has 1 aromatic carbocycles. The van der Waals surface area contributed by atoms with Gasteiger partial charge in [0.2, 0.25) is 0 Å². The van der Waals surface area contributed by atoms with E-state index in [0.29, 0.717) is 13.1 Å². The molecule has 0 amide bonds. The highest BCUT2D eigenvalue weighted by Gasteiger charge is 2.01. The smallest absolute Gasteiger partial charge is 0.191 e. The molecule has 2 rings (SSSR count). The lowest BCUT2D eigenvalue weighted by Gasteiger charge is -2.12. The topological polar surface area (TPSA) is 67.8 Å². The first-order valence-corrected chi connectivity index (χ1v) is 8.94. The second kappa shape index (κ2) is 14.2. The maximum Gasteiger partial charge on any atom is 0.191 e. The van der Waals surface area contributed by atoms with Gasteiger partial charge in [0.25, 0.3) is 0 Å². The van der Waals surface area contributed by atoms with Crippen LogP contribution in [-0.4, -0.2) is 37.8 Å². The summed E-state index contributed by atoms with van der Waals surface area (Å²) in [6.45, 7) is 5.51. The Morgan fingerprint density at radius 2 is 1.93 bits per heavy atom.